The fourth-order valence-corrected chi connectivity index (χ4v) is 3.61. The predicted octanol–water partition coefficient (Wildman–Crippen LogP) is 2.92. The number of aromatic nitrogens is 4. The number of halogens is 1. The van der Waals surface area contributed by atoms with Crippen molar-refractivity contribution >= 4 is 17.5 Å². The molecule has 2 aliphatic rings. The molecule has 0 bridgehead atoms. The summed E-state index contributed by atoms with van der Waals surface area (Å²) in [6.07, 6.45) is 5.13. The Morgan fingerprint density at radius 1 is 1.21 bits per heavy atom. The number of morpholine rings is 1. The summed E-state index contributed by atoms with van der Waals surface area (Å²) in [5, 5.41) is 4.59. The topological polar surface area (TPSA) is 77.2 Å². The Morgan fingerprint density at radius 3 is 2.79 bits per heavy atom. The fourth-order valence-electron chi connectivity index (χ4n) is 3.43. The molecule has 128 valence electrons. The molecule has 2 aromatic rings. The zero-order valence-corrected chi connectivity index (χ0v) is 14.4. The van der Waals surface area contributed by atoms with E-state index in [1.807, 2.05) is 0 Å². The van der Waals surface area contributed by atoms with Crippen molar-refractivity contribution in [2.45, 2.75) is 32.1 Å². The molecule has 7 nitrogen and oxygen atoms in total. The monoisotopic (exact) mass is 349 g/mol. The quantitative estimate of drug-likeness (QED) is 0.843. The summed E-state index contributed by atoms with van der Waals surface area (Å²) in [4.78, 5) is 15.5. The number of hydrogen-bond donors (Lipinski definition) is 0. The van der Waals surface area contributed by atoms with Gasteiger partial charge in [-0.25, -0.2) is 9.97 Å². The highest BCUT2D eigenvalue weighted by atomic mass is 35.5. The van der Waals surface area contributed by atoms with Crippen molar-refractivity contribution in [3.63, 3.8) is 0 Å². The largest absolute Gasteiger partial charge is 0.378 e. The Bertz CT molecular complexity index is 716. The summed E-state index contributed by atoms with van der Waals surface area (Å²) in [6, 6.07) is 0. The van der Waals surface area contributed by atoms with Crippen molar-refractivity contribution in [2.24, 2.45) is 5.92 Å². The van der Waals surface area contributed by atoms with E-state index in [1.54, 1.807) is 6.20 Å². The van der Waals surface area contributed by atoms with Crippen LogP contribution in [0.3, 0.4) is 0 Å². The van der Waals surface area contributed by atoms with Gasteiger partial charge in [0.1, 0.15) is 0 Å². The second-order valence-corrected chi connectivity index (χ2v) is 6.85. The third kappa shape index (κ3) is 2.98. The van der Waals surface area contributed by atoms with Gasteiger partial charge >= 0.3 is 0 Å². The third-order valence-corrected chi connectivity index (χ3v) is 5.14. The molecule has 2 atom stereocenters. The minimum Gasteiger partial charge on any atom is -0.378 e. The van der Waals surface area contributed by atoms with Gasteiger partial charge < -0.3 is 14.2 Å². The first kappa shape index (κ1) is 15.8. The highest BCUT2D eigenvalue weighted by molar-refractivity contribution is 6.32. The standard InChI is InChI=1S/C16H20ClN5O2/c1-10-3-2-4-11(10)14-20-15(24-21-14)13-12(17)9-18-16(19-13)22-5-7-23-8-6-22/h9-11H,2-8H2,1H3. The van der Waals surface area contributed by atoms with Gasteiger partial charge in [-0.05, 0) is 18.8 Å². The van der Waals surface area contributed by atoms with Crippen molar-refractivity contribution in [3.8, 4) is 11.6 Å². The zero-order valence-electron chi connectivity index (χ0n) is 13.6. The van der Waals surface area contributed by atoms with E-state index in [9.17, 15) is 0 Å². The first-order valence-corrected chi connectivity index (χ1v) is 8.79. The molecule has 0 N–H and O–H groups in total. The Morgan fingerprint density at radius 2 is 2.04 bits per heavy atom. The zero-order chi connectivity index (χ0) is 16.5. The SMILES string of the molecule is CC1CCCC1c1noc(-c2nc(N3CCOCC3)ncc2Cl)n1. The molecule has 2 aromatic heterocycles. The number of nitrogens with zero attached hydrogens (tertiary/aromatic N) is 5. The highest BCUT2D eigenvalue weighted by Crippen LogP contribution is 2.38. The molecule has 0 aromatic carbocycles. The van der Waals surface area contributed by atoms with E-state index < -0.39 is 0 Å². The lowest BCUT2D eigenvalue weighted by Crippen LogP contribution is -2.37. The van der Waals surface area contributed by atoms with Gasteiger partial charge in [-0.1, -0.05) is 30.1 Å². The highest BCUT2D eigenvalue weighted by Gasteiger charge is 2.30. The maximum Gasteiger partial charge on any atom is 0.278 e. The summed E-state index contributed by atoms with van der Waals surface area (Å²) in [5.41, 5.74) is 0.498. The van der Waals surface area contributed by atoms with Crippen molar-refractivity contribution < 1.29 is 9.26 Å². The van der Waals surface area contributed by atoms with Gasteiger partial charge in [0.25, 0.3) is 5.89 Å². The van der Waals surface area contributed by atoms with E-state index in [0.29, 0.717) is 47.6 Å². The second-order valence-electron chi connectivity index (χ2n) is 6.44. The van der Waals surface area contributed by atoms with Gasteiger partial charge in [0, 0.05) is 19.0 Å². The molecule has 1 saturated heterocycles. The van der Waals surface area contributed by atoms with Crippen LogP contribution in [-0.4, -0.2) is 46.4 Å². The smallest absolute Gasteiger partial charge is 0.278 e. The van der Waals surface area contributed by atoms with Gasteiger partial charge in [-0.15, -0.1) is 0 Å². The number of rotatable bonds is 3. The van der Waals surface area contributed by atoms with E-state index in [4.69, 9.17) is 20.9 Å². The first-order chi connectivity index (χ1) is 11.7. The van der Waals surface area contributed by atoms with Crippen LogP contribution in [0, 0.1) is 5.92 Å². The fraction of sp³-hybridized carbons (Fsp3) is 0.625. The molecule has 1 aliphatic carbocycles. The van der Waals surface area contributed by atoms with Crippen LogP contribution in [0.4, 0.5) is 5.95 Å². The lowest BCUT2D eigenvalue weighted by atomic mass is 9.98. The van der Waals surface area contributed by atoms with E-state index >= 15 is 0 Å². The molecule has 3 heterocycles. The van der Waals surface area contributed by atoms with E-state index in [-0.39, 0.29) is 0 Å². The lowest BCUT2D eigenvalue weighted by molar-refractivity contribution is 0.122. The van der Waals surface area contributed by atoms with Crippen LogP contribution < -0.4 is 4.90 Å². The number of hydrogen-bond acceptors (Lipinski definition) is 7. The van der Waals surface area contributed by atoms with Crippen molar-refractivity contribution in [1.82, 2.24) is 20.1 Å². The minimum atomic E-state index is 0.363. The van der Waals surface area contributed by atoms with Crippen molar-refractivity contribution in [2.75, 3.05) is 31.2 Å². The number of ether oxygens (including phenoxy) is 1. The van der Waals surface area contributed by atoms with Crippen LogP contribution >= 0.6 is 11.6 Å². The van der Waals surface area contributed by atoms with E-state index in [0.717, 1.165) is 25.3 Å². The van der Waals surface area contributed by atoms with Crippen LogP contribution in [-0.2, 0) is 4.74 Å². The van der Waals surface area contributed by atoms with Crippen LogP contribution in [0.2, 0.25) is 5.02 Å². The maximum atomic E-state index is 6.27. The molecule has 0 spiro atoms. The van der Waals surface area contributed by atoms with Gasteiger partial charge in [0.15, 0.2) is 11.5 Å². The minimum absolute atomic E-state index is 0.363. The normalized spacial score (nSPS) is 24.5. The molecule has 8 heteroatoms. The Hall–Kier alpha value is -1.73. The Kier molecular flexibility index (Phi) is 4.37. The van der Waals surface area contributed by atoms with E-state index in [2.05, 4.69) is 31.9 Å². The Labute approximate surface area is 145 Å². The van der Waals surface area contributed by atoms with Crippen LogP contribution in [0.5, 0.6) is 0 Å². The molecule has 0 amide bonds. The molecule has 1 aliphatic heterocycles. The molecule has 2 unspecified atom stereocenters. The summed E-state index contributed by atoms with van der Waals surface area (Å²) in [5.74, 6) is 2.69. The molecule has 24 heavy (non-hydrogen) atoms. The summed E-state index contributed by atoms with van der Waals surface area (Å²) < 4.78 is 10.8. The average Bonchev–Trinajstić information content (AvgIpc) is 3.25. The van der Waals surface area contributed by atoms with Crippen molar-refractivity contribution in [3.05, 3.63) is 17.0 Å². The first-order valence-electron chi connectivity index (χ1n) is 8.41. The van der Waals surface area contributed by atoms with Gasteiger partial charge in [0.2, 0.25) is 5.95 Å². The summed E-state index contributed by atoms with van der Waals surface area (Å²) >= 11 is 6.27. The second kappa shape index (κ2) is 6.64. The molecular formula is C16H20ClN5O2. The van der Waals surface area contributed by atoms with Crippen molar-refractivity contribution in [1.29, 1.82) is 0 Å². The molecule has 0 radical (unpaired) electrons. The molecule has 2 fully saturated rings. The average molecular weight is 350 g/mol. The van der Waals surface area contributed by atoms with Gasteiger partial charge in [-0.3, -0.25) is 0 Å². The van der Waals surface area contributed by atoms with E-state index in [1.165, 1.54) is 12.8 Å². The van der Waals surface area contributed by atoms with Gasteiger partial charge in [0.05, 0.1) is 24.4 Å². The molecule has 4 rings (SSSR count). The summed E-state index contributed by atoms with van der Waals surface area (Å²) in [7, 11) is 0. The third-order valence-electron chi connectivity index (χ3n) is 4.86. The lowest BCUT2D eigenvalue weighted by Gasteiger charge is -2.26. The van der Waals surface area contributed by atoms with Crippen LogP contribution in [0.15, 0.2) is 10.7 Å². The maximum absolute atomic E-state index is 6.27. The molecular weight excluding hydrogens is 330 g/mol. The van der Waals surface area contributed by atoms with Crippen LogP contribution in [0.25, 0.3) is 11.6 Å². The molecule has 1 saturated carbocycles. The predicted molar refractivity (Wildman–Crippen MR) is 89.1 cm³/mol. The summed E-state index contributed by atoms with van der Waals surface area (Å²) in [6.45, 7) is 5.10. The van der Waals surface area contributed by atoms with Gasteiger partial charge in [-0.2, -0.15) is 4.98 Å². The van der Waals surface area contributed by atoms with Crippen LogP contribution in [0.1, 0.15) is 37.9 Å². The Balaban J connectivity index is 1.62. The number of anilines is 1.